The Balaban J connectivity index is 1.82. The minimum Gasteiger partial charge on any atom is -0.346 e. The van der Waals surface area contributed by atoms with Crippen LogP contribution in [0.1, 0.15) is 25.8 Å². The molecule has 0 aliphatic carbocycles. The Morgan fingerprint density at radius 1 is 1.29 bits per heavy atom. The number of benzene rings is 1. The van der Waals surface area contributed by atoms with Crippen molar-refractivity contribution in [3.63, 3.8) is 0 Å². The normalized spacial score (nSPS) is 12.1. The van der Waals surface area contributed by atoms with Crippen LogP contribution in [0.4, 0.5) is 5.13 Å². The molecule has 8 nitrogen and oxygen atoms in total. The summed E-state index contributed by atoms with van der Waals surface area (Å²) in [6, 6.07) is 5.22. The molecule has 0 fully saturated rings. The molecule has 0 radical (unpaired) electrons. The lowest BCUT2D eigenvalue weighted by molar-refractivity contribution is -0.134. The Hall–Kier alpha value is -2.52. The Bertz CT molecular complexity index is 864. The van der Waals surface area contributed by atoms with Gasteiger partial charge in [-0.25, -0.2) is 4.98 Å². The van der Waals surface area contributed by atoms with E-state index in [0.29, 0.717) is 11.6 Å². The summed E-state index contributed by atoms with van der Waals surface area (Å²) in [5.74, 6) is -0.812. The number of nitrogens with two attached hydrogens (primary N) is 1. The zero-order valence-electron chi connectivity index (χ0n) is 16.6. The molecule has 0 aliphatic rings. The number of amides is 3. The molecule has 0 bridgehead atoms. The summed E-state index contributed by atoms with van der Waals surface area (Å²) in [5, 5.41) is 5.71. The fourth-order valence-electron chi connectivity index (χ4n) is 2.59. The van der Waals surface area contributed by atoms with Gasteiger partial charge in [-0.3, -0.25) is 14.4 Å². The number of carbonyl (C=O) groups is 3. The van der Waals surface area contributed by atoms with E-state index in [0.717, 1.165) is 15.8 Å². The largest absolute Gasteiger partial charge is 0.346 e. The monoisotopic (exact) mass is 405 g/mol. The van der Waals surface area contributed by atoms with Crippen molar-refractivity contribution in [1.29, 1.82) is 0 Å². The zero-order chi connectivity index (χ0) is 20.8. The summed E-state index contributed by atoms with van der Waals surface area (Å²) in [6.45, 7) is 5.59. The van der Waals surface area contributed by atoms with Gasteiger partial charge < -0.3 is 21.3 Å². The number of rotatable bonds is 8. The number of hydrogen-bond acceptors (Lipinski definition) is 6. The second-order valence-electron chi connectivity index (χ2n) is 7.24. The second kappa shape index (κ2) is 9.61. The van der Waals surface area contributed by atoms with Crippen LogP contribution in [-0.4, -0.2) is 53.8 Å². The molecule has 0 spiro atoms. The molecule has 1 heterocycles. The van der Waals surface area contributed by atoms with Crippen LogP contribution in [0.15, 0.2) is 18.2 Å². The molecule has 4 N–H and O–H groups in total. The second-order valence-corrected chi connectivity index (χ2v) is 8.27. The van der Waals surface area contributed by atoms with Gasteiger partial charge in [0.15, 0.2) is 5.13 Å². The van der Waals surface area contributed by atoms with Gasteiger partial charge in [0.1, 0.15) is 0 Å². The maximum absolute atomic E-state index is 12.2. The van der Waals surface area contributed by atoms with Crippen molar-refractivity contribution in [2.45, 2.75) is 33.2 Å². The third-order valence-corrected chi connectivity index (χ3v) is 5.01. The molecule has 1 aromatic carbocycles. The summed E-state index contributed by atoms with van der Waals surface area (Å²) in [7, 11) is 1.50. The number of nitrogens with one attached hydrogen (secondary N) is 2. The van der Waals surface area contributed by atoms with E-state index in [1.165, 1.54) is 23.3 Å². The third-order valence-electron chi connectivity index (χ3n) is 4.07. The average molecular weight is 406 g/mol. The summed E-state index contributed by atoms with van der Waals surface area (Å²) in [4.78, 5) is 41.8. The first-order valence-electron chi connectivity index (χ1n) is 9.10. The molecule has 0 saturated heterocycles. The van der Waals surface area contributed by atoms with Crippen LogP contribution in [0.3, 0.4) is 0 Å². The number of aromatic nitrogens is 1. The van der Waals surface area contributed by atoms with Gasteiger partial charge in [0.2, 0.25) is 17.7 Å². The van der Waals surface area contributed by atoms with Crippen LogP contribution in [0, 0.1) is 12.8 Å². The minimum atomic E-state index is -0.649. The maximum Gasteiger partial charge on any atom is 0.245 e. The predicted octanol–water partition coefficient (Wildman–Crippen LogP) is 1.49. The summed E-state index contributed by atoms with van der Waals surface area (Å²) < 4.78 is 0.986. The van der Waals surface area contributed by atoms with E-state index in [2.05, 4.69) is 15.6 Å². The van der Waals surface area contributed by atoms with E-state index in [1.807, 2.05) is 39.0 Å². The van der Waals surface area contributed by atoms with Crippen LogP contribution in [0.5, 0.6) is 0 Å². The fraction of sp³-hybridized carbons (Fsp3) is 0.474. The average Bonchev–Trinajstić information content (AvgIpc) is 2.99. The number of aryl methyl sites for hydroxylation is 1. The van der Waals surface area contributed by atoms with Gasteiger partial charge in [0.25, 0.3) is 0 Å². The zero-order valence-corrected chi connectivity index (χ0v) is 17.4. The minimum absolute atomic E-state index is 0.137. The molecule has 0 saturated carbocycles. The molecule has 9 heteroatoms. The van der Waals surface area contributed by atoms with Crippen molar-refractivity contribution < 1.29 is 14.4 Å². The first kappa shape index (κ1) is 21.8. The molecule has 152 valence electrons. The topological polar surface area (TPSA) is 117 Å². The SMILES string of the molecule is Cc1ccc2nc(NC(=O)CN(C)C(=O)CNC(=O)C(N)CC(C)C)sc2c1. The van der Waals surface area contributed by atoms with E-state index < -0.39 is 6.04 Å². The smallest absolute Gasteiger partial charge is 0.245 e. The van der Waals surface area contributed by atoms with E-state index >= 15 is 0 Å². The Kier molecular flexibility index (Phi) is 7.47. The van der Waals surface area contributed by atoms with E-state index in [9.17, 15) is 14.4 Å². The quantitative estimate of drug-likeness (QED) is 0.615. The van der Waals surface area contributed by atoms with Gasteiger partial charge in [-0.1, -0.05) is 31.3 Å². The highest BCUT2D eigenvalue weighted by molar-refractivity contribution is 7.22. The Morgan fingerprint density at radius 2 is 2.00 bits per heavy atom. The van der Waals surface area contributed by atoms with Crippen molar-refractivity contribution in [1.82, 2.24) is 15.2 Å². The molecular weight excluding hydrogens is 378 g/mol. The van der Waals surface area contributed by atoms with Gasteiger partial charge in [-0.05, 0) is 37.0 Å². The number of carbonyl (C=O) groups excluding carboxylic acids is 3. The lowest BCUT2D eigenvalue weighted by atomic mass is 10.0. The van der Waals surface area contributed by atoms with Crippen molar-refractivity contribution in [3.8, 4) is 0 Å². The van der Waals surface area contributed by atoms with Crippen molar-refractivity contribution in [3.05, 3.63) is 23.8 Å². The lowest BCUT2D eigenvalue weighted by Gasteiger charge is -2.18. The summed E-state index contributed by atoms with van der Waals surface area (Å²) >= 11 is 1.38. The number of anilines is 1. The molecule has 1 atom stereocenters. The molecule has 2 rings (SSSR count). The first-order valence-corrected chi connectivity index (χ1v) is 9.91. The standard InChI is InChI=1S/C19H27N5O3S/c1-11(2)7-13(20)18(27)21-9-17(26)24(4)10-16(25)23-19-22-14-6-5-12(3)8-15(14)28-19/h5-6,8,11,13H,7,9-10,20H2,1-4H3,(H,21,27)(H,22,23,25). The molecule has 3 amide bonds. The Labute approximate surface area is 168 Å². The molecule has 1 unspecified atom stereocenters. The van der Waals surface area contributed by atoms with Gasteiger partial charge in [-0.2, -0.15) is 0 Å². The number of fused-ring (bicyclic) bond motifs is 1. The predicted molar refractivity (Wildman–Crippen MR) is 111 cm³/mol. The fourth-order valence-corrected chi connectivity index (χ4v) is 3.57. The lowest BCUT2D eigenvalue weighted by Crippen LogP contribution is -2.46. The van der Waals surface area contributed by atoms with Crippen LogP contribution in [0.25, 0.3) is 10.2 Å². The number of hydrogen-bond donors (Lipinski definition) is 3. The van der Waals surface area contributed by atoms with Crippen LogP contribution in [0.2, 0.25) is 0 Å². The molecule has 28 heavy (non-hydrogen) atoms. The van der Waals surface area contributed by atoms with Gasteiger partial charge in [-0.15, -0.1) is 0 Å². The molecule has 1 aromatic heterocycles. The summed E-state index contributed by atoms with van der Waals surface area (Å²) in [5.41, 5.74) is 7.72. The van der Waals surface area contributed by atoms with E-state index in [4.69, 9.17) is 5.73 Å². The molecule has 0 aliphatic heterocycles. The van der Waals surface area contributed by atoms with Crippen LogP contribution in [-0.2, 0) is 14.4 Å². The van der Waals surface area contributed by atoms with Gasteiger partial charge in [0, 0.05) is 7.05 Å². The number of thiazole rings is 1. The van der Waals surface area contributed by atoms with Gasteiger partial charge >= 0.3 is 0 Å². The van der Waals surface area contributed by atoms with E-state index in [1.54, 1.807) is 0 Å². The molecular formula is C19H27N5O3S. The first-order chi connectivity index (χ1) is 13.2. The highest BCUT2D eigenvalue weighted by Crippen LogP contribution is 2.26. The molecule has 2 aromatic rings. The number of nitrogens with zero attached hydrogens (tertiary/aromatic N) is 2. The van der Waals surface area contributed by atoms with Crippen LogP contribution < -0.4 is 16.4 Å². The highest BCUT2D eigenvalue weighted by Gasteiger charge is 2.18. The third kappa shape index (κ3) is 6.28. The van der Waals surface area contributed by atoms with Gasteiger partial charge in [0.05, 0.1) is 29.3 Å². The maximum atomic E-state index is 12.2. The Morgan fingerprint density at radius 3 is 2.68 bits per heavy atom. The van der Waals surface area contributed by atoms with Crippen molar-refractivity contribution in [2.24, 2.45) is 11.7 Å². The summed E-state index contributed by atoms with van der Waals surface area (Å²) in [6.07, 6.45) is 0.542. The van der Waals surface area contributed by atoms with Crippen molar-refractivity contribution >= 4 is 44.4 Å². The van der Waals surface area contributed by atoms with Crippen molar-refractivity contribution in [2.75, 3.05) is 25.5 Å². The highest BCUT2D eigenvalue weighted by atomic mass is 32.1. The van der Waals surface area contributed by atoms with Crippen LogP contribution >= 0.6 is 11.3 Å². The number of likely N-dealkylation sites (N-methyl/N-ethyl adjacent to an activating group) is 1. The van der Waals surface area contributed by atoms with E-state index in [-0.39, 0.29) is 36.7 Å².